The van der Waals surface area contributed by atoms with Gasteiger partial charge in [0.25, 0.3) is 0 Å². The Morgan fingerprint density at radius 3 is 1.29 bits per heavy atom. The number of aliphatic hydroxyl groups is 5. The normalized spacial score (nSPS) is 18.7. The van der Waals surface area contributed by atoms with Crippen LogP contribution in [-0.2, 0) is 0 Å². The minimum Gasteiger partial charge on any atom is -0.393 e. The number of hydrogen-bond acceptors (Lipinski definition) is 5. The highest BCUT2D eigenvalue weighted by molar-refractivity contribution is 4.72. The van der Waals surface area contributed by atoms with Crippen molar-refractivity contribution in [2.45, 2.75) is 70.9 Å². The van der Waals surface area contributed by atoms with E-state index in [0.29, 0.717) is 6.42 Å². The van der Waals surface area contributed by atoms with Gasteiger partial charge in [0.05, 0.1) is 30.0 Å². The van der Waals surface area contributed by atoms with E-state index >= 15 is 0 Å². The molecule has 17 heavy (non-hydrogen) atoms. The van der Waals surface area contributed by atoms with E-state index in [1.165, 1.54) is 6.92 Å². The summed E-state index contributed by atoms with van der Waals surface area (Å²) in [6, 6.07) is 0. The maximum absolute atomic E-state index is 9.08. The number of hydrogen-bond donors (Lipinski definition) is 5. The van der Waals surface area contributed by atoms with E-state index in [2.05, 4.69) is 0 Å². The molecule has 0 saturated carbocycles. The van der Waals surface area contributed by atoms with Crippen LogP contribution in [-0.4, -0.2) is 55.5 Å². The predicted octanol–water partition coefficient (Wildman–Crippen LogP) is 0.0288. The molecular weight excluding hydrogens is 224 g/mol. The topological polar surface area (TPSA) is 101 Å². The van der Waals surface area contributed by atoms with Gasteiger partial charge in [-0.15, -0.1) is 0 Å². The molecule has 0 bridgehead atoms. The third kappa shape index (κ3) is 18.4. The molecule has 0 fully saturated rings. The van der Waals surface area contributed by atoms with Crippen LogP contribution in [0.15, 0.2) is 0 Å². The van der Waals surface area contributed by atoms with Crippen molar-refractivity contribution in [1.82, 2.24) is 0 Å². The lowest BCUT2D eigenvalue weighted by molar-refractivity contribution is -0.0323. The molecule has 0 aromatic carbocycles. The van der Waals surface area contributed by atoms with Crippen molar-refractivity contribution in [3.63, 3.8) is 0 Å². The van der Waals surface area contributed by atoms with Crippen molar-refractivity contribution < 1.29 is 25.5 Å². The molecule has 0 spiro atoms. The lowest BCUT2D eigenvalue weighted by atomic mass is 10.0. The number of aliphatic hydroxyl groups excluding tert-OH is 3. The maximum Gasteiger partial charge on any atom is 0.0873 e. The van der Waals surface area contributed by atoms with Gasteiger partial charge in [0.2, 0.25) is 0 Å². The summed E-state index contributed by atoms with van der Waals surface area (Å²) in [4.78, 5) is 0. The molecule has 3 atom stereocenters. The second-order valence-electron chi connectivity index (χ2n) is 5.57. The first-order valence-electron chi connectivity index (χ1n) is 5.81. The fourth-order valence-electron chi connectivity index (χ4n) is 1.42. The summed E-state index contributed by atoms with van der Waals surface area (Å²) in [5.74, 6) is 0. The van der Waals surface area contributed by atoms with E-state index in [1.807, 2.05) is 0 Å². The highest BCUT2D eigenvalue weighted by Crippen LogP contribution is 2.10. The van der Waals surface area contributed by atoms with E-state index in [4.69, 9.17) is 25.5 Å². The summed E-state index contributed by atoms with van der Waals surface area (Å²) in [7, 11) is 0. The highest BCUT2D eigenvalue weighted by atomic mass is 16.3. The summed E-state index contributed by atoms with van der Waals surface area (Å²) in [5.41, 5.74) is -1.86. The van der Waals surface area contributed by atoms with Gasteiger partial charge in [0, 0.05) is 12.8 Å². The molecule has 5 nitrogen and oxygen atoms in total. The van der Waals surface area contributed by atoms with E-state index < -0.39 is 23.4 Å². The van der Waals surface area contributed by atoms with Crippen molar-refractivity contribution in [2.24, 2.45) is 0 Å². The Morgan fingerprint density at radius 1 is 0.882 bits per heavy atom. The van der Waals surface area contributed by atoms with Crippen LogP contribution in [0.1, 0.15) is 47.5 Å². The molecule has 0 aliphatic rings. The molecule has 0 heterocycles. The SMILES string of the molecule is CC(O)CC(C)(O)CO.C[C@@H](O)CC(C)(C)O. The molecule has 106 valence electrons. The van der Waals surface area contributed by atoms with E-state index in [-0.39, 0.29) is 13.0 Å². The van der Waals surface area contributed by atoms with Crippen LogP contribution in [0.3, 0.4) is 0 Å². The lowest BCUT2D eigenvalue weighted by Gasteiger charge is -2.21. The third-order valence-corrected chi connectivity index (χ3v) is 1.87. The van der Waals surface area contributed by atoms with Crippen LogP contribution in [0.2, 0.25) is 0 Å². The molecule has 0 aromatic rings. The Morgan fingerprint density at radius 2 is 1.24 bits per heavy atom. The van der Waals surface area contributed by atoms with Crippen LogP contribution in [0.4, 0.5) is 0 Å². The molecule has 5 N–H and O–H groups in total. The van der Waals surface area contributed by atoms with E-state index in [1.54, 1.807) is 27.7 Å². The Hall–Kier alpha value is -0.200. The summed E-state index contributed by atoms with van der Waals surface area (Å²) in [6.07, 6.45) is -0.321. The van der Waals surface area contributed by atoms with Gasteiger partial charge in [-0.2, -0.15) is 0 Å². The quantitative estimate of drug-likeness (QED) is 0.475. The van der Waals surface area contributed by atoms with Crippen LogP contribution >= 0.6 is 0 Å². The molecule has 2 unspecified atom stereocenters. The smallest absolute Gasteiger partial charge is 0.0873 e. The largest absolute Gasteiger partial charge is 0.393 e. The van der Waals surface area contributed by atoms with Crippen LogP contribution in [0.5, 0.6) is 0 Å². The maximum atomic E-state index is 9.08. The Bertz CT molecular complexity index is 182. The van der Waals surface area contributed by atoms with E-state index in [9.17, 15) is 0 Å². The third-order valence-electron chi connectivity index (χ3n) is 1.87. The average molecular weight is 252 g/mol. The minimum absolute atomic E-state index is 0.212. The first-order chi connectivity index (χ1) is 7.39. The fraction of sp³-hybridized carbons (Fsp3) is 1.00. The van der Waals surface area contributed by atoms with Gasteiger partial charge in [-0.05, 0) is 34.6 Å². The summed E-state index contributed by atoms with van der Waals surface area (Å²) < 4.78 is 0. The summed E-state index contributed by atoms with van der Waals surface area (Å²) in [5, 5.41) is 44.1. The standard InChI is InChI=1S/C6H14O3.C6H14O2/c1-5(8)3-6(2,9)4-7;1-5(7)4-6(2,3)8/h5,7-9H,3-4H2,1-2H3;5,7-8H,4H2,1-3H3/t;5-/m.1/s1. The Labute approximate surface area is 104 Å². The van der Waals surface area contributed by atoms with Crippen LogP contribution < -0.4 is 0 Å². The molecule has 5 heteroatoms. The van der Waals surface area contributed by atoms with Crippen LogP contribution in [0.25, 0.3) is 0 Å². The molecule has 0 saturated heterocycles. The van der Waals surface area contributed by atoms with Gasteiger partial charge >= 0.3 is 0 Å². The lowest BCUT2D eigenvalue weighted by Crippen LogP contribution is -2.32. The molecule has 0 aromatic heterocycles. The highest BCUT2D eigenvalue weighted by Gasteiger charge is 2.20. The molecule has 0 rings (SSSR count). The molecule has 0 aliphatic carbocycles. The zero-order valence-corrected chi connectivity index (χ0v) is 11.5. The van der Waals surface area contributed by atoms with Gasteiger partial charge in [0.1, 0.15) is 0 Å². The number of rotatable bonds is 5. The van der Waals surface area contributed by atoms with Crippen molar-refractivity contribution in [2.75, 3.05) is 6.61 Å². The average Bonchev–Trinajstić information content (AvgIpc) is 1.97. The second-order valence-corrected chi connectivity index (χ2v) is 5.57. The Kier molecular flexibility index (Phi) is 9.01. The van der Waals surface area contributed by atoms with Crippen molar-refractivity contribution in [1.29, 1.82) is 0 Å². The predicted molar refractivity (Wildman–Crippen MR) is 66.6 cm³/mol. The zero-order chi connectivity index (χ0) is 14.3. The first kappa shape index (κ1) is 19.1. The molecule has 0 amide bonds. The monoisotopic (exact) mass is 252 g/mol. The van der Waals surface area contributed by atoms with Gasteiger partial charge in [-0.3, -0.25) is 0 Å². The van der Waals surface area contributed by atoms with Crippen LogP contribution in [0, 0.1) is 0 Å². The van der Waals surface area contributed by atoms with Crippen molar-refractivity contribution in [3.8, 4) is 0 Å². The van der Waals surface area contributed by atoms with Crippen molar-refractivity contribution in [3.05, 3.63) is 0 Å². The molecule has 0 radical (unpaired) electrons. The van der Waals surface area contributed by atoms with E-state index in [0.717, 1.165) is 0 Å². The van der Waals surface area contributed by atoms with Gasteiger partial charge in [-0.1, -0.05) is 0 Å². The summed E-state index contributed by atoms with van der Waals surface area (Å²) >= 11 is 0. The fourth-order valence-corrected chi connectivity index (χ4v) is 1.42. The van der Waals surface area contributed by atoms with Gasteiger partial charge in [0.15, 0.2) is 0 Å². The van der Waals surface area contributed by atoms with Gasteiger partial charge < -0.3 is 25.5 Å². The van der Waals surface area contributed by atoms with Gasteiger partial charge in [-0.25, -0.2) is 0 Å². The summed E-state index contributed by atoms with van der Waals surface area (Å²) in [6.45, 7) is 7.78. The minimum atomic E-state index is -1.13. The zero-order valence-electron chi connectivity index (χ0n) is 11.5. The molecular formula is C12H28O5. The Balaban J connectivity index is 0. The van der Waals surface area contributed by atoms with Crippen molar-refractivity contribution >= 4 is 0 Å². The second kappa shape index (κ2) is 8.00. The molecule has 0 aliphatic heterocycles. The first-order valence-corrected chi connectivity index (χ1v) is 5.81.